The van der Waals surface area contributed by atoms with Gasteiger partial charge in [0.2, 0.25) is 0 Å². The number of carbonyl (C=O) groups excluding carboxylic acids is 1. The van der Waals surface area contributed by atoms with Gasteiger partial charge in [0.25, 0.3) is 7.52 Å². The molecular weight excluding hydrogens is 447 g/mol. The van der Waals surface area contributed by atoms with E-state index in [1.807, 2.05) is 30.3 Å². The van der Waals surface area contributed by atoms with Crippen LogP contribution in [0.25, 0.3) is 0 Å². The lowest BCUT2D eigenvalue weighted by Crippen LogP contribution is -2.42. The predicted octanol–water partition coefficient (Wildman–Crippen LogP) is 2.33. The van der Waals surface area contributed by atoms with Crippen LogP contribution >= 0.6 is 7.52 Å². The number of anilines is 1. The molecule has 3 N–H and O–H groups in total. The molecular formula is C22H31N4O6P. The third kappa shape index (κ3) is 7.78. The molecule has 1 saturated heterocycles. The molecule has 1 fully saturated rings. The summed E-state index contributed by atoms with van der Waals surface area (Å²) in [6.07, 6.45) is 3.85. The number of nitrogens with zero attached hydrogens (tertiary/aromatic N) is 2. The molecule has 1 aromatic carbocycles. The number of hydrogen-bond donors (Lipinski definition) is 2. The third-order valence-corrected chi connectivity index (χ3v) is 6.92. The Morgan fingerprint density at radius 1 is 1.33 bits per heavy atom. The van der Waals surface area contributed by atoms with Gasteiger partial charge in [-0.3, -0.25) is 13.9 Å². The Morgan fingerprint density at radius 2 is 2.12 bits per heavy atom. The van der Waals surface area contributed by atoms with Crippen molar-refractivity contribution in [2.24, 2.45) is 0 Å². The number of aromatic nitrogens is 2. The number of benzene rings is 1. The van der Waals surface area contributed by atoms with Crippen molar-refractivity contribution in [1.82, 2.24) is 14.6 Å². The van der Waals surface area contributed by atoms with Crippen LogP contribution in [0.15, 0.2) is 47.4 Å². The van der Waals surface area contributed by atoms with Crippen molar-refractivity contribution < 1.29 is 23.4 Å². The van der Waals surface area contributed by atoms with Gasteiger partial charge in [-0.2, -0.15) is 4.98 Å². The SMILES string of the molecule is CCCCCOC(=O)[C@H](Cc1ccccc1)NP1(=O)CO[C@@H](Cn2ccc(N)nc2=O)CO1. The molecule has 10 nitrogen and oxygen atoms in total. The topological polar surface area (TPSA) is 135 Å². The van der Waals surface area contributed by atoms with E-state index in [-0.39, 0.29) is 25.3 Å². The highest BCUT2D eigenvalue weighted by molar-refractivity contribution is 7.56. The average molecular weight is 478 g/mol. The van der Waals surface area contributed by atoms with E-state index in [9.17, 15) is 14.2 Å². The first-order valence-corrected chi connectivity index (χ1v) is 12.9. The molecule has 33 heavy (non-hydrogen) atoms. The second kappa shape index (κ2) is 12.1. The van der Waals surface area contributed by atoms with E-state index in [4.69, 9.17) is 19.7 Å². The summed E-state index contributed by atoms with van der Waals surface area (Å²) in [7, 11) is -3.46. The molecule has 1 unspecified atom stereocenters. The number of esters is 1. The number of rotatable bonds is 11. The average Bonchev–Trinajstić information content (AvgIpc) is 2.80. The van der Waals surface area contributed by atoms with E-state index in [0.717, 1.165) is 24.8 Å². The van der Waals surface area contributed by atoms with E-state index >= 15 is 0 Å². The van der Waals surface area contributed by atoms with Gasteiger partial charge in [0.15, 0.2) is 0 Å². The molecule has 11 heteroatoms. The molecule has 180 valence electrons. The van der Waals surface area contributed by atoms with Crippen molar-refractivity contribution in [3.05, 3.63) is 58.6 Å². The fraction of sp³-hybridized carbons (Fsp3) is 0.500. The number of nitrogen functional groups attached to an aromatic ring is 1. The van der Waals surface area contributed by atoms with Crippen LogP contribution in [0, 0.1) is 0 Å². The normalized spacial score (nSPS) is 21.4. The minimum absolute atomic E-state index is 0.00923. The Labute approximate surface area is 192 Å². The van der Waals surface area contributed by atoms with Gasteiger partial charge in [-0.1, -0.05) is 50.1 Å². The number of nitrogens with two attached hydrogens (primary N) is 1. The number of unbranched alkanes of at least 4 members (excludes halogenated alkanes) is 2. The van der Waals surface area contributed by atoms with Crippen molar-refractivity contribution in [2.75, 3.05) is 25.3 Å². The second-order valence-electron chi connectivity index (χ2n) is 7.92. The van der Waals surface area contributed by atoms with E-state index in [1.54, 1.807) is 0 Å². The molecule has 0 bridgehead atoms. The van der Waals surface area contributed by atoms with E-state index in [1.165, 1.54) is 16.8 Å². The fourth-order valence-electron chi connectivity index (χ4n) is 3.37. The zero-order valence-corrected chi connectivity index (χ0v) is 19.6. The van der Waals surface area contributed by atoms with E-state index in [0.29, 0.717) is 13.0 Å². The number of nitrogens with one attached hydrogen (secondary N) is 1. The summed E-state index contributed by atoms with van der Waals surface area (Å²) in [5, 5.41) is 2.86. The van der Waals surface area contributed by atoms with Gasteiger partial charge in [0.05, 0.1) is 19.8 Å². The first-order valence-electron chi connectivity index (χ1n) is 11.0. The molecule has 2 aromatic rings. The second-order valence-corrected chi connectivity index (χ2v) is 10.0. The van der Waals surface area contributed by atoms with Crippen molar-refractivity contribution in [3.8, 4) is 0 Å². The Morgan fingerprint density at radius 3 is 2.79 bits per heavy atom. The molecule has 1 aliphatic heterocycles. The van der Waals surface area contributed by atoms with Crippen LogP contribution in [0.2, 0.25) is 0 Å². The molecule has 0 aliphatic carbocycles. The summed E-state index contributed by atoms with van der Waals surface area (Å²) in [5.41, 5.74) is 5.90. The maximum Gasteiger partial charge on any atom is 0.349 e. The lowest BCUT2D eigenvalue weighted by atomic mass is 10.1. The summed E-state index contributed by atoms with van der Waals surface area (Å²) in [5.74, 6) is -0.341. The van der Waals surface area contributed by atoms with Gasteiger partial charge in [-0.25, -0.2) is 9.88 Å². The standard InChI is InChI=1S/C22H31N4O6P/c1-2-3-7-12-30-21(27)19(13-17-8-5-4-6-9-17)25-33(29)16-31-18(15-32-33)14-26-11-10-20(23)24-22(26)28/h4-6,8-11,18-19H,2-3,7,12-16H2,1H3,(H,25,29)(H2,23,24,28)/t18-,19-,33?/m0/s1. The van der Waals surface area contributed by atoms with Crippen molar-refractivity contribution in [1.29, 1.82) is 0 Å². The third-order valence-electron chi connectivity index (χ3n) is 5.16. The molecule has 3 rings (SSSR count). The van der Waals surface area contributed by atoms with Gasteiger partial charge >= 0.3 is 11.7 Å². The van der Waals surface area contributed by atoms with Crippen molar-refractivity contribution in [3.63, 3.8) is 0 Å². The lowest BCUT2D eigenvalue weighted by Gasteiger charge is -2.32. The first-order chi connectivity index (χ1) is 15.9. The monoisotopic (exact) mass is 478 g/mol. The van der Waals surface area contributed by atoms with Crippen molar-refractivity contribution >= 4 is 19.3 Å². The van der Waals surface area contributed by atoms with Crippen LogP contribution in [0.4, 0.5) is 5.82 Å². The minimum atomic E-state index is -3.46. The van der Waals surface area contributed by atoms with E-state index < -0.39 is 31.3 Å². The van der Waals surface area contributed by atoms with Gasteiger partial charge in [-0.05, 0) is 24.5 Å². The van der Waals surface area contributed by atoms with Crippen LogP contribution < -0.4 is 16.5 Å². The number of hydrogen-bond acceptors (Lipinski definition) is 8. The highest BCUT2D eigenvalue weighted by Crippen LogP contribution is 2.46. The minimum Gasteiger partial charge on any atom is -0.465 e. The quantitative estimate of drug-likeness (QED) is 0.283. The van der Waals surface area contributed by atoms with Crippen LogP contribution in [0.3, 0.4) is 0 Å². The van der Waals surface area contributed by atoms with Gasteiger partial charge in [0.1, 0.15) is 24.3 Å². The molecule has 2 heterocycles. The molecule has 0 radical (unpaired) electrons. The highest BCUT2D eigenvalue weighted by Gasteiger charge is 2.36. The maximum absolute atomic E-state index is 13.3. The predicted molar refractivity (Wildman–Crippen MR) is 124 cm³/mol. The Balaban J connectivity index is 1.60. The first kappa shape index (κ1) is 25.1. The van der Waals surface area contributed by atoms with Crippen LogP contribution in [0.1, 0.15) is 31.7 Å². The van der Waals surface area contributed by atoms with Gasteiger partial charge in [0, 0.05) is 6.20 Å². The summed E-state index contributed by atoms with van der Waals surface area (Å²) >= 11 is 0. The summed E-state index contributed by atoms with van der Waals surface area (Å²) in [4.78, 5) is 28.3. The van der Waals surface area contributed by atoms with Gasteiger partial charge in [-0.15, -0.1) is 0 Å². The Kier molecular flexibility index (Phi) is 9.20. The number of carbonyl (C=O) groups is 1. The molecule has 0 amide bonds. The fourth-order valence-corrected chi connectivity index (χ4v) is 5.08. The van der Waals surface area contributed by atoms with Crippen LogP contribution in [-0.2, 0) is 36.3 Å². The number of ether oxygens (including phenoxy) is 2. The smallest absolute Gasteiger partial charge is 0.349 e. The Bertz CT molecular complexity index is 1000. The van der Waals surface area contributed by atoms with Gasteiger partial charge < -0.3 is 19.7 Å². The zero-order valence-electron chi connectivity index (χ0n) is 18.7. The van der Waals surface area contributed by atoms with Crippen molar-refractivity contribution in [2.45, 2.75) is 51.3 Å². The van der Waals surface area contributed by atoms with Crippen LogP contribution in [0.5, 0.6) is 0 Å². The lowest BCUT2D eigenvalue weighted by molar-refractivity contribution is -0.145. The molecule has 3 atom stereocenters. The zero-order chi connectivity index (χ0) is 23.7. The van der Waals surface area contributed by atoms with Crippen LogP contribution in [-0.4, -0.2) is 47.2 Å². The summed E-state index contributed by atoms with van der Waals surface area (Å²) in [6, 6.07) is 10.1. The molecule has 1 aromatic heterocycles. The maximum atomic E-state index is 13.3. The highest BCUT2D eigenvalue weighted by atomic mass is 31.2. The molecule has 0 spiro atoms. The Hall–Kier alpha value is -2.52. The summed E-state index contributed by atoms with van der Waals surface area (Å²) in [6.45, 7) is 2.55. The van der Waals surface area contributed by atoms with E-state index in [2.05, 4.69) is 17.0 Å². The summed E-state index contributed by atoms with van der Waals surface area (Å²) < 4.78 is 31.4. The molecule has 1 aliphatic rings. The molecule has 0 saturated carbocycles. The largest absolute Gasteiger partial charge is 0.465 e.